The molecule has 0 aromatic carbocycles. The van der Waals surface area contributed by atoms with Gasteiger partial charge in [0, 0.05) is 16.2 Å². The van der Waals surface area contributed by atoms with Crippen molar-refractivity contribution >= 4 is 17.2 Å². The monoisotopic (exact) mass is 264 g/mol. The van der Waals surface area contributed by atoms with Crippen LogP contribution < -0.4 is 10.6 Å². The zero-order chi connectivity index (χ0) is 12.4. The minimum atomic E-state index is 0.206. The van der Waals surface area contributed by atoms with E-state index in [-0.39, 0.29) is 5.91 Å². The molecule has 1 aliphatic heterocycles. The van der Waals surface area contributed by atoms with E-state index in [2.05, 4.69) is 16.7 Å². The summed E-state index contributed by atoms with van der Waals surface area (Å²) >= 11 is 1.88. The summed E-state index contributed by atoms with van der Waals surface area (Å²) in [5.41, 5.74) is 1.52. The van der Waals surface area contributed by atoms with E-state index < -0.39 is 0 Å². The Balaban J connectivity index is 1.46. The Morgan fingerprint density at radius 1 is 1.50 bits per heavy atom. The average molecular weight is 264 g/mol. The van der Waals surface area contributed by atoms with Crippen LogP contribution in [0, 0.1) is 5.92 Å². The average Bonchev–Trinajstić information content (AvgIpc) is 3.01. The van der Waals surface area contributed by atoms with E-state index >= 15 is 0 Å². The van der Waals surface area contributed by atoms with Crippen molar-refractivity contribution in [3.05, 3.63) is 21.4 Å². The minimum Gasteiger partial charge on any atom is -0.351 e. The molecule has 2 N–H and O–H groups in total. The Bertz CT molecular complexity index is 414. The van der Waals surface area contributed by atoms with Crippen LogP contribution in [0.15, 0.2) is 6.07 Å². The highest BCUT2D eigenvalue weighted by molar-refractivity contribution is 7.12. The van der Waals surface area contributed by atoms with Crippen LogP contribution in [-0.2, 0) is 24.2 Å². The number of rotatable bonds is 4. The van der Waals surface area contributed by atoms with Crippen molar-refractivity contribution in [3.63, 3.8) is 0 Å². The van der Waals surface area contributed by atoms with Gasteiger partial charge in [0.15, 0.2) is 0 Å². The molecule has 0 radical (unpaired) electrons. The normalized spacial score (nSPS) is 22.1. The van der Waals surface area contributed by atoms with Gasteiger partial charge >= 0.3 is 0 Å². The zero-order valence-electron chi connectivity index (χ0n) is 10.6. The number of aryl methyl sites for hydroxylation is 2. The van der Waals surface area contributed by atoms with Crippen molar-refractivity contribution in [3.8, 4) is 0 Å². The largest absolute Gasteiger partial charge is 0.351 e. The molecule has 1 aromatic heterocycles. The summed E-state index contributed by atoms with van der Waals surface area (Å²) in [5.74, 6) is 0.746. The van der Waals surface area contributed by atoms with Crippen LogP contribution in [0.2, 0.25) is 0 Å². The second-order valence-electron chi connectivity index (χ2n) is 5.35. The zero-order valence-corrected chi connectivity index (χ0v) is 11.4. The predicted molar refractivity (Wildman–Crippen MR) is 73.8 cm³/mol. The van der Waals surface area contributed by atoms with Gasteiger partial charge in [-0.05, 0) is 56.3 Å². The first-order valence-electron chi connectivity index (χ1n) is 6.89. The first kappa shape index (κ1) is 12.2. The highest BCUT2D eigenvalue weighted by Crippen LogP contribution is 2.30. The van der Waals surface area contributed by atoms with Crippen molar-refractivity contribution in [2.24, 2.45) is 5.92 Å². The number of nitrogens with one attached hydrogen (secondary N) is 2. The Labute approximate surface area is 112 Å². The lowest BCUT2D eigenvalue weighted by molar-refractivity contribution is -0.122. The summed E-state index contributed by atoms with van der Waals surface area (Å²) in [5, 5.41) is 6.36. The molecule has 1 fully saturated rings. The van der Waals surface area contributed by atoms with Gasteiger partial charge in [0.1, 0.15) is 0 Å². The second kappa shape index (κ2) is 5.41. The Morgan fingerprint density at radius 2 is 2.44 bits per heavy atom. The summed E-state index contributed by atoms with van der Waals surface area (Å²) in [6, 6.07) is 2.28. The summed E-state index contributed by atoms with van der Waals surface area (Å²) in [6.45, 7) is 2.78. The Hall–Kier alpha value is -0.870. The van der Waals surface area contributed by atoms with Crippen molar-refractivity contribution < 1.29 is 4.79 Å². The molecular weight excluding hydrogens is 244 g/mol. The molecule has 1 aliphatic carbocycles. The lowest BCUT2D eigenvalue weighted by atomic mass is 10.0. The predicted octanol–water partition coefficient (Wildman–Crippen LogP) is 1.85. The van der Waals surface area contributed by atoms with Gasteiger partial charge in [-0.25, -0.2) is 0 Å². The fraction of sp³-hybridized carbons (Fsp3) is 0.643. The van der Waals surface area contributed by atoms with Crippen LogP contribution in [0.5, 0.6) is 0 Å². The smallest absolute Gasteiger partial charge is 0.220 e. The van der Waals surface area contributed by atoms with Gasteiger partial charge in [-0.15, -0.1) is 11.3 Å². The molecule has 1 atom stereocenters. The van der Waals surface area contributed by atoms with Gasteiger partial charge in [0.2, 0.25) is 5.91 Å². The fourth-order valence-corrected chi connectivity index (χ4v) is 4.09. The highest BCUT2D eigenvalue weighted by atomic mass is 32.1. The molecule has 1 unspecified atom stereocenters. The third-order valence-corrected chi connectivity index (χ3v) is 5.13. The van der Waals surface area contributed by atoms with E-state index in [1.54, 1.807) is 4.88 Å². The first-order chi connectivity index (χ1) is 8.81. The molecule has 1 saturated heterocycles. The summed E-state index contributed by atoms with van der Waals surface area (Å²) in [4.78, 5) is 14.7. The van der Waals surface area contributed by atoms with Gasteiger partial charge in [-0.3, -0.25) is 4.79 Å². The third-order valence-electron chi connectivity index (χ3n) is 3.89. The summed E-state index contributed by atoms with van der Waals surface area (Å²) < 4.78 is 0. The van der Waals surface area contributed by atoms with Crippen molar-refractivity contribution in [1.29, 1.82) is 0 Å². The Morgan fingerprint density at radius 3 is 3.22 bits per heavy atom. The molecule has 1 amide bonds. The minimum absolute atomic E-state index is 0.206. The summed E-state index contributed by atoms with van der Waals surface area (Å²) in [6.07, 6.45) is 5.59. The van der Waals surface area contributed by atoms with Crippen LogP contribution in [0.1, 0.15) is 34.6 Å². The van der Waals surface area contributed by atoms with Crippen LogP contribution in [0.25, 0.3) is 0 Å². The van der Waals surface area contributed by atoms with E-state index in [9.17, 15) is 4.79 Å². The molecule has 1 aromatic rings. The lowest BCUT2D eigenvalue weighted by Gasteiger charge is -2.08. The maximum absolute atomic E-state index is 11.8. The number of thiophene rings is 1. The second-order valence-corrected chi connectivity index (χ2v) is 6.58. The molecule has 0 saturated carbocycles. The topological polar surface area (TPSA) is 41.1 Å². The number of carbonyl (C=O) groups is 1. The number of fused-ring (bicyclic) bond motifs is 1. The molecule has 0 bridgehead atoms. The van der Waals surface area contributed by atoms with Crippen LogP contribution in [0.3, 0.4) is 0 Å². The first-order valence-corrected chi connectivity index (χ1v) is 7.71. The molecule has 0 spiro atoms. The number of hydrogen-bond donors (Lipinski definition) is 2. The maximum atomic E-state index is 11.8. The molecule has 18 heavy (non-hydrogen) atoms. The lowest BCUT2D eigenvalue weighted by Crippen LogP contribution is -2.25. The molecule has 4 heteroatoms. The molecule has 3 nitrogen and oxygen atoms in total. The number of hydrogen-bond acceptors (Lipinski definition) is 3. The maximum Gasteiger partial charge on any atom is 0.220 e. The van der Waals surface area contributed by atoms with Crippen molar-refractivity contribution in [2.75, 3.05) is 13.1 Å². The van der Waals surface area contributed by atoms with Gasteiger partial charge < -0.3 is 10.6 Å². The third kappa shape index (κ3) is 2.75. The van der Waals surface area contributed by atoms with Gasteiger partial charge in [-0.1, -0.05) is 0 Å². The van der Waals surface area contributed by atoms with Gasteiger partial charge in [0.25, 0.3) is 0 Å². The van der Waals surface area contributed by atoms with Crippen molar-refractivity contribution in [2.45, 2.75) is 38.6 Å². The quantitative estimate of drug-likeness (QED) is 0.871. The van der Waals surface area contributed by atoms with E-state index in [1.165, 1.54) is 29.7 Å². The van der Waals surface area contributed by atoms with Crippen LogP contribution >= 0.6 is 11.3 Å². The molecule has 2 aliphatic rings. The standard InChI is InChI=1S/C14H20N2OS/c17-14(6-10-4-5-15-8-10)16-9-12-7-11-2-1-3-13(11)18-12/h7,10,15H,1-6,8-9H2,(H,16,17). The highest BCUT2D eigenvalue weighted by Gasteiger charge is 2.18. The van der Waals surface area contributed by atoms with E-state index in [0.29, 0.717) is 12.3 Å². The van der Waals surface area contributed by atoms with Gasteiger partial charge in [-0.2, -0.15) is 0 Å². The SMILES string of the molecule is O=C(CC1CCNC1)NCc1cc2c(s1)CCC2. The van der Waals surface area contributed by atoms with E-state index in [4.69, 9.17) is 0 Å². The molecule has 2 heterocycles. The molecular formula is C14H20N2OS. The molecule has 3 rings (SSSR count). The number of carbonyl (C=O) groups excluding carboxylic acids is 1. The van der Waals surface area contributed by atoms with Crippen LogP contribution in [-0.4, -0.2) is 19.0 Å². The Kier molecular flexibility index (Phi) is 3.66. The number of amides is 1. The summed E-state index contributed by atoms with van der Waals surface area (Å²) in [7, 11) is 0. The fourth-order valence-electron chi connectivity index (χ4n) is 2.89. The van der Waals surface area contributed by atoms with E-state index in [1.807, 2.05) is 11.3 Å². The molecule has 98 valence electrons. The van der Waals surface area contributed by atoms with Crippen molar-refractivity contribution in [1.82, 2.24) is 10.6 Å². The van der Waals surface area contributed by atoms with Crippen LogP contribution in [0.4, 0.5) is 0 Å². The van der Waals surface area contributed by atoms with Gasteiger partial charge in [0.05, 0.1) is 6.54 Å². The van der Waals surface area contributed by atoms with E-state index in [0.717, 1.165) is 26.1 Å².